The maximum absolute atomic E-state index is 12.2. The first-order chi connectivity index (χ1) is 7.39. The summed E-state index contributed by atoms with van der Waals surface area (Å²) in [5, 5.41) is 0. The summed E-state index contributed by atoms with van der Waals surface area (Å²) in [6.07, 6.45) is -4.29. The zero-order valence-corrected chi connectivity index (χ0v) is 8.92. The second kappa shape index (κ2) is 5.32. The van der Waals surface area contributed by atoms with Gasteiger partial charge in [0.1, 0.15) is 0 Å². The Kier molecular flexibility index (Phi) is 4.32. The highest BCUT2D eigenvalue weighted by Gasteiger charge is 2.29. The van der Waals surface area contributed by atoms with Crippen molar-refractivity contribution in [1.29, 1.82) is 0 Å². The molecule has 0 aliphatic carbocycles. The van der Waals surface area contributed by atoms with Crippen LogP contribution in [0.25, 0.3) is 0 Å². The van der Waals surface area contributed by atoms with E-state index in [4.69, 9.17) is 10.5 Å². The number of hydrogen-bond acceptors (Lipinski definition) is 2. The van der Waals surface area contributed by atoms with E-state index < -0.39 is 11.7 Å². The zero-order chi connectivity index (χ0) is 12.2. The molecule has 0 bridgehead atoms. The normalized spacial score (nSPS) is 13.8. The maximum Gasteiger partial charge on any atom is 0.416 e. The third-order valence-corrected chi connectivity index (χ3v) is 1.93. The van der Waals surface area contributed by atoms with Gasteiger partial charge in [0.2, 0.25) is 0 Å². The number of ether oxygens (including phenoxy) is 1. The molecule has 0 aliphatic rings. The van der Waals surface area contributed by atoms with Crippen molar-refractivity contribution in [2.45, 2.75) is 25.7 Å². The highest BCUT2D eigenvalue weighted by molar-refractivity contribution is 5.24. The van der Waals surface area contributed by atoms with Gasteiger partial charge >= 0.3 is 6.18 Å². The van der Waals surface area contributed by atoms with Crippen LogP contribution in [0.3, 0.4) is 0 Å². The van der Waals surface area contributed by atoms with Gasteiger partial charge in [-0.3, -0.25) is 0 Å². The lowest BCUT2D eigenvalue weighted by atomic mass is 10.1. The van der Waals surface area contributed by atoms with Crippen molar-refractivity contribution in [3.05, 3.63) is 35.4 Å². The topological polar surface area (TPSA) is 35.2 Å². The van der Waals surface area contributed by atoms with Crippen molar-refractivity contribution in [3.63, 3.8) is 0 Å². The first-order valence-corrected chi connectivity index (χ1v) is 4.89. The molecule has 0 aliphatic heterocycles. The molecule has 0 amide bonds. The summed E-state index contributed by atoms with van der Waals surface area (Å²) in [5.41, 5.74) is 5.52. The lowest BCUT2D eigenvalue weighted by Gasteiger charge is -2.09. The van der Waals surface area contributed by atoms with Crippen molar-refractivity contribution < 1.29 is 17.9 Å². The molecular weight excluding hydrogens is 219 g/mol. The molecule has 16 heavy (non-hydrogen) atoms. The van der Waals surface area contributed by atoms with E-state index in [1.165, 1.54) is 12.1 Å². The van der Waals surface area contributed by atoms with E-state index in [2.05, 4.69) is 0 Å². The molecule has 1 rings (SSSR count). The molecule has 2 nitrogen and oxygen atoms in total. The smallest absolute Gasteiger partial charge is 0.375 e. The third-order valence-electron chi connectivity index (χ3n) is 1.93. The molecule has 1 aromatic carbocycles. The summed E-state index contributed by atoms with van der Waals surface area (Å²) in [5.74, 6) is 0. The molecule has 1 unspecified atom stereocenters. The van der Waals surface area contributed by atoms with Gasteiger partial charge in [-0.25, -0.2) is 0 Å². The summed E-state index contributed by atoms with van der Waals surface area (Å²) in [7, 11) is 0. The molecule has 0 saturated carbocycles. The second-order valence-corrected chi connectivity index (χ2v) is 3.69. The Bertz CT molecular complexity index is 319. The predicted molar refractivity (Wildman–Crippen MR) is 54.7 cm³/mol. The fraction of sp³-hybridized carbons (Fsp3) is 0.455. The minimum Gasteiger partial charge on any atom is -0.375 e. The number of alkyl halides is 3. The van der Waals surface area contributed by atoms with Crippen LogP contribution in [0.4, 0.5) is 13.2 Å². The Balaban J connectivity index is 2.52. The minimum absolute atomic E-state index is 0.0746. The molecule has 1 atom stereocenters. The number of hydrogen-bond donors (Lipinski definition) is 1. The minimum atomic E-state index is -4.29. The summed E-state index contributed by atoms with van der Waals surface area (Å²) in [6.45, 7) is 2.47. The molecular formula is C11H14F3NO. The standard InChI is InChI=1S/C11H14F3NO/c1-8(15)6-16-7-9-2-4-10(5-3-9)11(12,13)14/h2-5,8H,6-7,15H2,1H3. The van der Waals surface area contributed by atoms with Gasteiger partial charge in [-0.2, -0.15) is 13.2 Å². The van der Waals surface area contributed by atoms with Gasteiger partial charge in [-0.1, -0.05) is 12.1 Å². The SMILES string of the molecule is CC(N)COCc1ccc(C(F)(F)F)cc1. The maximum atomic E-state index is 12.2. The summed E-state index contributed by atoms with van der Waals surface area (Å²) in [6, 6.07) is 4.83. The van der Waals surface area contributed by atoms with E-state index in [1.807, 2.05) is 0 Å². The Morgan fingerprint density at radius 2 is 1.81 bits per heavy atom. The van der Waals surface area contributed by atoms with Crippen LogP contribution in [0.15, 0.2) is 24.3 Å². The van der Waals surface area contributed by atoms with Crippen LogP contribution in [0, 0.1) is 0 Å². The van der Waals surface area contributed by atoms with Crippen LogP contribution in [0.2, 0.25) is 0 Å². The van der Waals surface area contributed by atoms with E-state index in [-0.39, 0.29) is 12.6 Å². The largest absolute Gasteiger partial charge is 0.416 e. The van der Waals surface area contributed by atoms with E-state index in [0.717, 1.165) is 12.1 Å². The van der Waals surface area contributed by atoms with Crippen molar-refractivity contribution >= 4 is 0 Å². The van der Waals surface area contributed by atoms with E-state index in [9.17, 15) is 13.2 Å². The Labute approximate surface area is 92.2 Å². The molecule has 2 N–H and O–H groups in total. The quantitative estimate of drug-likeness (QED) is 0.867. The van der Waals surface area contributed by atoms with Gasteiger partial charge in [-0.05, 0) is 24.6 Å². The average molecular weight is 233 g/mol. The van der Waals surface area contributed by atoms with Crippen LogP contribution in [0.1, 0.15) is 18.1 Å². The van der Waals surface area contributed by atoms with E-state index >= 15 is 0 Å². The van der Waals surface area contributed by atoms with Gasteiger partial charge < -0.3 is 10.5 Å². The monoisotopic (exact) mass is 233 g/mol. The molecule has 5 heteroatoms. The first kappa shape index (κ1) is 13.0. The summed E-state index contributed by atoms with van der Waals surface area (Å²) >= 11 is 0. The van der Waals surface area contributed by atoms with Gasteiger partial charge in [-0.15, -0.1) is 0 Å². The third kappa shape index (κ3) is 4.20. The molecule has 0 aromatic heterocycles. The van der Waals surface area contributed by atoms with E-state index in [1.54, 1.807) is 6.92 Å². The van der Waals surface area contributed by atoms with Crippen molar-refractivity contribution in [2.75, 3.05) is 6.61 Å². The highest BCUT2D eigenvalue weighted by Crippen LogP contribution is 2.29. The molecule has 0 radical (unpaired) electrons. The van der Waals surface area contributed by atoms with Crippen LogP contribution >= 0.6 is 0 Å². The summed E-state index contributed by atoms with van der Waals surface area (Å²) < 4.78 is 41.9. The molecule has 0 spiro atoms. The van der Waals surface area contributed by atoms with Crippen LogP contribution in [-0.2, 0) is 17.5 Å². The Hall–Kier alpha value is -1.07. The number of nitrogens with two attached hydrogens (primary N) is 1. The number of rotatable bonds is 4. The van der Waals surface area contributed by atoms with Crippen molar-refractivity contribution in [1.82, 2.24) is 0 Å². The zero-order valence-electron chi connectivity index (χ0n) is 8.92. The first-order valence-electron chi connectivity index (χ1n) is 4.89. The lowest BCUT2D eigenvalue weighted by molar-refractivity contribution is -0.137. The van der Waals surface area contributed by atoms with Gasteiger partial charge in [0.05, 0.1) is 18.8 Å². The van der Waals surface area contributed by atoms with Crippen molar-refractivity contribution in [2.24, 2.45) is 5.73 Å². The van der Waals surface area contributed by atoms with E-state index in [0.29, 0.717) is 12.2 Å². The fourth-order valence-electron chi connectivity index (χ4n) is 1.15. The average Bonchev–Trinajstić information content (AvgIpc) is 2.16. The molecule has 0 fully saturated rings. The Morgan fingerprint density at radius 3 is 2.25 bits per heavy atom. The van der Waals surface area contributed by atoms with Crippen LogP contribution in [0.5, 0.6) is 0 Å². The Morgan fingerprint density at radius 1 is 1.25 bits per heavy atom. The number of halogens is 3. The van der Waals surface area contributed by atoms with Gasteiger partial charge in [0, 0.05) is 6.04 Å². The van der Waals surface area contributed by atoms with Gasteiger partial charge in [0.15, 0.2) is 0 Å². The highest BCUT2D eigenvalue weighted by atomic mass is 19.4. The fourth-order valence-corrected chi connectivity index (χ4v) is 1.15. The number of benzene rings is 1. The van der Waals surface area contributed by atoms with Crippen LogP contribution < -0.4 is 5.73 Å². The molecule has 1 aromatic rings. The lowest BCUT2D eigenvalue weighted by Crippen LogP contribution is -2.21. The molecule has 90 valence electrons. The van der Waals surface area contributed by atoms with Gasteiger partial charge in [0.25, 0.3) is 0 Å². The summed E-state index contributed by atoms with van der Waals surface area (Å²) in [4.78, 5) is 0. The van der Waals surface area contributed by atoms with Crippen molar-refractivity contribution in [3.8, 4) is 0 Å². The molecule has 0 heterocycles. The predicted octanol–water partition coefficient (Wildman–Crippen LogP) is 2.57. The van der Waals surface area contributed by atoms with Crippen LogP contribution in [-0.4, -0.2) is 12.6 Å². The second-order valence-electron chi connectivity index (χ2n) is 3.69. The molecule has 0 saturated heterocycles.